The molecule has 3 N–H and O–H groups in total. The van der Waals surface area contributed by atoms with Crippen molar-refractivity contribution >= 4 is 28.6 Å². The Bertz CT molecular complexity index is 1580. The molecule has 0 spiro atoms. The highest BCUT2D eigenvalue weighted by atomic mass is 35.5. The van der Waals surface area contributed by atoms with Gasteiger partial charge in [0, 0.05) is 0 Å². The van der Waals surface area contributed by atoms with Crippen LogP contribution in [0.25, 0.3) is 11.2 Å². The van der Waals surface area contributed by atoms with E-state index in [4.69, 9.17) is 26.8 Å². The number of nitrogens with zero attached hydrogens (tertiary/aromatic N) is 4. The van der Waals surface area contributed by atoms with Crippen LogP contribution in [-0.4, -0.2) is 49.6 Å². The van der Waals surface area contributed by atoms with E-state index in [2.05, 4.69) is 15.0 Å². The lowest BCUT2D eigenvalue weighted by molar-refractivity contribution is -0.0935. The van der Waals surface area contributed by atoms with Gasteiger partial charge in [-0.1, -0.05) is 90.5 Å². The monoisotopic (exact) mass is 559 g/mol. The molecule has 5 aromatic rings. The van der Waals surface area contributed by atoms with Crippen LogP contribution >= 0.6 is 11.6 Å². The maximum atomic E-state index is 15.6. The van der Waals surface area contributed by atoms with E-state index in [1.807, 2.05) is 91.9 Å². The van der Waals surface area contributed by atoms with Crippen molar-refractivity contribution in [3.8, 4) is 0 Å². The van der Waals surface area contributed by atoms with Gasteiger partial charge in [0.1, 0.15) is 23.3 Å². The molecule has 1 fully saturated rings. The Hall–Kier alpha value is -3.89. The first-order valence-electron chi connectivity index (χ1n) is 12.8. The third-order valence-corrected chi connectivity index (χ3v) is 7.44. The SMILES string of the molecule is Cc1ccc(C(OC[C@H]2O[C@@H](n3cnc4c(N)nc(Cl)nc43)[C@@H](F)[C@@H]2O)(c2ccccc2)c2ccccc2)cc1. The number of hydrogen-bond acceptors (Lipinski definition) is 7. The summed E-state index contributed by atoms with van der Waals surface area (Å²) in [5, 5.41) is 10.9. The number of nitrogen functional groups attached to an aromatic ring is 1. The van der Waals surface area contributed by atoms with Gasteiger partial charge < -0.3 is 20.3 Å². The van der Waals surface area contributed by atoms with Gasteiger partial charge in [-0.25, -0.2) is 9.37 Å². The van der Waals surface area contributed by atoms with E-state index in [1.165, 1.54) is 10.9 Å². The van der Waals surface area contributed by atoms with Gasteiger partial charge in [-0.3, -0.25) is 4.57 Å². The van der Waals surface area contributed by atoms with Gasteiger partial charge >= 0.3 is 0 Å². The smallest absolute Gasteiger partial charge is 0.226 e. The standard InChI is InChI=1S/C30H27ClFN5O3/c1-18-12-14-21(15-13-18)30(19-8-4-2-5-9-19,20-10-6-3-7-11-20)39-16-22-25(38)23(32)28(40-22)37-17-34-24-26(33)35-29(31)36-27(24)37/h2-15,17,22-23,25,28,38H,16H2,1H3,(H2,33,35,36)/t22-,23+,25-,28-/m1/s1. The maximum Gasteiger partial charge on any atom is 0.226 e. The van der Waals surface area contributed by atoms with Gasteiger partial charge in [-0.05, 0) is 35.2 Å². The molecule has 4 atom stereocenters. The fraction of sp³-hybridized carbons (Fsp3) is 0.233. The zero-order chi connectivity index (χ0) is 27.9. The molecule has 1 aliphatic rings. The molecule has 1 aliphatic heterocycles. The first-order chi connectivity index (χ1) is 19.4. The molecule has 0 saturated carbocycles. The van der Waals surface area contributed by atoms with E-state index < -0.39 is 30.2 Å². The van der Waals surface area contributed by atoms with Gasteiger partial charge in [-0.15, -0.1) is 0 Å². The van der Waals surface area contributed by atoms with E-state index in [0.29, 0.717) is 0 Å². The predicted octanol–water partition coefficient (Wildman–Crippen LogP) is 4.98. The summed E-state index contributed by atoms with van der Waals surface area (Å²) in [6.07, 6.45) is -4.13. The third kappa shape index (κ3) is 4.50. The number of aromatic nitrogens is 4. The molecule has 0 radical (unpaired) electrons. The van der Waals surface area contributed by atoms with Crippen molar-refractivity contribution in [2.24, 2.45) is 0 Å². The first kappa shape index (κ1) is 26.3. The summed E-state index contributed by atoms with van der Waals surface area (Å²) in [6, 6.07) is 27.7. The molecule has 1 saturated heterocycles. The Morgan fingerprint density at radius 1 is 0.975 bits per heavy atom. The quantitative estimate of drug-likeness (QED) is 0.214. The zero-order valence-corrected chi connectivity index (χ0v) is 22.3. The number of imidazole rings is 1. The average Bonchev–Trinajstić information content (AvgIpc) is 3.51. The molecule has 6 rings (SSSR count). The second kappa shape index (κ2) is 10.6. The van der Waals surface area contributed by atoms with Crippen molar-refractivity contribution in [3.63, 3.8) is 0 Å². The number of fused-ring (bicyclic) bond motifs is 1. The Balaban J connectivity index is 1.37. The number of nitrogens with two attached hydrogens (primary N) is 1. The molecule has 10 heteroatoms. The van der Waals surface area contributed by atoms with Crippen molar-refractivity contribution in [2.75, 3.05) is 12.3 Å². The van der Waals surface area contributed by atoms with Gasteiger partial charge in [0.2, 0.25) is 5.28 Å². The summed E-state index contributed by atoms with van der Waals surface area (Å²) >= 11 is 5.99. The summed E-state index contributed by atoms with van der Waals surface area (Å²) in [5.41, 5.74) is 9.09. The Kier molecular flexibility index (Phi) is 6.97. The van der Waals surface area contributed by atoms with Crippen molar-refractivity contribution < 1.29 is 19.0 Å². The third-order valence-electron chi connectivity index (χ3n) is 7.27. The topological polar surface area (TPSA) is 108 Å². The van der Waals surface area contributed by atoms with E-state index >= 15 is 4.39 Å². The molecule has 0 bridgehead atoms. The molecule has 3 heterocycles. The highest BCUT2D eigenvalue weighted by Crippen LogP contribution is 2.42. The number of alkyl halides is 1. The Labute approximate surface area is 235 Å². The molecule has 0 aliphatic carbocycles. The molecule has 204 valence electrons. The summed E-state index contributed by atoms with van der Waals surface area (Å²) in [5.74, 6) is 0.0659. The van der Waals surface area contributed by atoms with Crippen LogP contribution < -0.4 is 5.73 Å². The van der Waals surface area contributed by atoms with Gasteiger partial charge in [-0.2, -0.15) is 9.97 Å². The second-order valence-corrected chi connectivity index (χ2v) is 10.1. The van der Waals surface area contributed by atoms with Crippen molar-refractivity contribution in [3.05, 3.63) is 119 Å². The number of aliphatic hydroxyl groups is 1. The summed E-state index contributed by atoms with van der Waals surface area (Å²) < 4.78 is 29.8. The number of aliphatic hydroxyl groups excluding tert-OH is 1. The van der Waals surface area contributed by atoms with Crippen LogP contribution in [0.3, 0.4) is 0 Å². The molecule has 3 aromatic carbocycles. The minimum Gasteiger partial charge on any atom is -0.387 e. The van der Waals surface area contributed by atoms with Crippen molar-refractivity contribution in [1.29, 1.82) is 0 Å². The normalized spacial score (nSPS) is 21.2. The Morgan fingerprint density at radius 3 is 2.20 bits per heavy atom. The van der Waals surface area contributed by atoms with Crippen LogP contribution in [0.15, 0.2) is 91.3 Å². The highest BCUT2D eigenvalue weighted by Gasteiger charge is 2.48. The number of ether oxygens (including phenoxy) is 2. The predicted molar refractivity (Wildman–Crippen MR) is 149 cm³/mol. The molecule has 2 aromatic heterocycles. The number of hydrogen-bond donors (Lipinski definition) is 2. The van der Waals surface area contributed by atoms with Crippen molar-refractivity contribution in [1.82, 2.24) is 19.5 Å². The van der Waals surface area contributed by atoms with Gasteiger partial charge in [0.05, 0.1) is 12.9 Å². The summed E-state index contributed by atoms with van der Waals surface area (Å²) in [7, 11) is 0. The maximum absolute atomic E-state index is 15.6. The van der Waals surface area contributed by atoms with Crippen LogP contribution in [0.4, 0.5) is 10.2 Å². The number of rotatable bonds is 7. The van der Waals surface area contributed by atoms with Crippen LogP contribution in [-0.2, 0) is 15.1 Å². The van der Waals surface area contributed by atoms with Crippen molar-refractivity contribution in [2.45, 2.75) is 37.1 Å². The fourth-order valence-corrected chi connectivity index (χ4v) is 5.42. The largest absolute Gasteiger partial charge is 0.387 e. The lowest BCUT2D eigenvalue weighted by atomic mass is 9.79. The van der Waals surface area contributed by atoms with E-state index in [0.717, 1.165) is 22.3 Å². The average molecular weight is 560 g/mol. The molecule has 0 amide bonds. The number of benzene rings is 3. The van der Waals surface area contributed by atoms with Gasteiger partial charge in [0.25, 0.3) is 0 Å². The zero-order valence-electron chi connectivity index (χ0n) is 21.6. The van der Waals surface area contributed by atoms with E-state index in [1.54, 1.807) is 0 Å². The summed E-state index contributed by atoms with van der Waals surface area (Å²) in [4.78, 5) is 12.2. The van der Waals surface area contributed by atoms with Crippen LogP contribution in [0, 0.1) is 6.92 Å². The van der Waals surface area contributed by atoms with E-state index in [-0.39, 0.29) is 28.9 Å². The minimum absolute atomic E-state index is 0.0659. The first-order valence-corrected chi connectivity index (χ1v) is 13.2. The minimum atomic E-state index is -1.79. The molecule has 0 unspecified atom stereocenters. The summed E-state index contributed by atoms with van der Waals surface area (Å²) in [6.45, 7) is 1.91. The van der Waals surface area contributed by atoms with E-state index in [9.17, 15) is 5.11 Å². The van der Waals surface area contributed by atoms with Crippen LogP contribution in [0.1, 0.15) is 28.5 Å². The molecule has 8 nitrogen and oxygen atoms in total. The molecular formula is C30H27ClFN5O3. The lowest BCUT2D eigenvalue weighted by Crippen LogP contribution is -2.39. The number of anilines is 1. The second-order valence-electron chi connectivity index (χ2n) is 9.79. The Morgan fingerprint density at radius 2 is 1.57 bits per heavy atom. The fourth-order valence-electron chi connectivity index (χ4n) is 5.25. The molecular weight excluding hydrogens is 533 g/mol. The van der Waals surface area contributed by atoms with Crippen LogP contribution in [0.5, 0.6) is 0 Å². The van der Waals surface area contributed by atoms with Crippen LogP contribution in [0.2, 0.25) is 5.28 Å². The number of halogens is 2. The molecule has 40 heavy (non-hydrogen) atoms. The van der Waals surface area contributed by atoms with Gasteiger partial charge in [0.15, 0.2) is 23.9 Å². The number of aryl methyl sites for hydroxylation is 1. The highest BCUT2D eigenvalue weighted by molar-refractivity contribution is 6.28. The lowest BCUT2D eigenvalue weighted by Gasteiger charge is -2.37.